The van der Waals surface area contributed by atoms with Crippen LogP contribution in [0.1, 0.15) is 18.7 Å². The number of aromatic nitrogens is 2. The summed E-state index contributed by atoms with van der Waals surface area (Å²) in [6.45, 7) is 0.680. The van der Waals surface area contributed by atoms with E-state index in [1.807, 2.05) is 0 Å². The monoisotopic (exact) mass is 168 g/mol. The summed E-state index contributed by atoms with van der Waals surface area (Å²) in [7, 11) is 1.76. The number of hydrogen-bond acceptors (Lipinski definition) is 5. The van der Waals surface area contributed by atoms with Crippen LogP contribution in [0.25, 0.3) is 0 Å². The Morgan fingerprint density at radius 1 is 1.50 bits per heavy atom. The van der Waals surface area contributed by atoms with Gasteiger partial charge in [0.1, 0.15) is 0 Å². The number of anilines is 1. The van der Waals surface area contributed by atoms with Crippen LogP contribution in [0, 0.1) is 0 Å². The van der Waals surface area contributed by atoms with Gasteiger partial charge in [-0.1, -0.05) is 5.10 Å². The van der Waals surface area contributed by atoms with Gasteiger partial charge in [-0.2, -0.15) is 0 Å². The van der Waals surface area contributed by atoms with Gasteiger partial charge >= 0.3 is 6.01 Å². The SMILES string of the molecule is CNc1nnc(CNC2CC2)o1. The molecule has 1 heterocycles. The fourth-order valence-corrected chi connectivity index (χ4v) is 0.945. The van der Waals surface area contributed by atoms with Crippen LogP contribution in [0.2, 0.25) is 0 Å². The lowest BCUT2D eigenvalue weighted by molar-refractivity contribution is 0.477. The van der Waals surface area contributed by atoms with Gasteiger partial charge in [0.05, 0.1) is 6.54 Å². The van der Waals surface area contributed by atoms with Crippen molar-refractivity contribution in [3.8, 4) is 0 Å². The predicted octanol–water partition coefficient (Wildman–Crippen LogP) is 0.363. The highest BCUT2D eigenvalue weighted by Gasteiger charge is 2.20. The lowest BCUT2D eigenvalue weighted by Crippen LogP contribution is -2.15. The van der Waals surface area contributed by atoms with Crippen molar-refractivity contribution in [3.05, 3.63) is 5.89 Å². The summed E-state index contributed by atoms with van der Waals surface area (Å²) < 4.78 is 5.22. The first kappa shape index (κ1) is 7.54. The fourth-order valence-electron chi connectivity index (χ4n) is 0.945. The number of hydrogen-bond donors (Lipinski definition) is 2. The van der Waals surface area contributed by atoms with E-state index in [-0.39, 0.29) is 0 Å². The molecule has 2 rings (SSSR count). The van der Waals surface area contributed by atoms with Gasteiger partial charge in [-0.15, -0.1) is 5.10 Å². The first-order chi connectivity index (χ1) is 5.88. The van der Waals surface area contributed by atoms with Crippen LogP contribution in [-0.4, -0.2) is 23.3 Å². The van der Waals surface area contributed by atoms with Crippen LogP contribution >= 0.6 is 0 Å². The molecule has 0 aliphatic heterocycles. The molecule has 0 unspecified atom stereocenters. The molecule has 5 nitrogen and oxygen atoms in total. The van der Waals surface area contributed by atoms with E-state index >= 15 is 0 Å². The first-order valence-corrected chi connectivity index (χ1v) is 4.12. The summed E-state index contributed by atoms with van der Waals surface area (Å²) in [6.07, 6.45) is 2.54. The van der Waals surface area contributed by atoms with Crippen molar-refractivity contribution >= 4 is 6.01 Å². The summed E-state index contributed by atoms with van der Waals surface area (Å²) in [5.74, 6) is 0.645. The zero-order valence-electron chi connectivity index (χ0n) is 7.00. The maximum Gasteiger partial charge on any atom is 0.315 e. The molecule has 1 aromatic rings. The van der Waals surface area contributed by atoms with Crippen molar-refractivity contribution < 1.29 is 4.42 Å². The zero-order valence-corrected chi connectivity index (χ0v) is 7.00. The van der Waals surface area contributed by atoms with Gasteiger partial charge in [-0.05, 0) is 12.8 Å². The van der Waals surface area contributed by atoms with Crippen molar-refractivity contribution in [2.75, 3.05) is 12.4 Å². The Morgan fingerprint density at radius 2 is 2.33 bits per heavy atom. The van der Waals surface area contributed by atoms with Gasteiger partial charge in [-0.3, -0.25) is 0 Å². The number of rotatable bonds is 4. The van der Waals surface area contributed by atoms with E-state index in [2.05, 4.69) is 20.8 Å². The largest absolute Gasteiger partial charge is 0.407 e. The van der Waals surface area contributed by atoms with Crippen LogP contribution in [0.3, 0.4) is 0 Å². The summed E-state index contributed by atoms with van der Waals surface area (Å²) in [5.41, 5.74) is 0. The number of nitrogens with zero attached hydrogens (tertiary/aromatic N) is 2. The molecular weight excluding hydrogens is 156 g/mol. The Balaban J connectivity index is 1.84. The van der Waals surface area contributed by atoms with Crippen LogP contribution in [0.4, 0.5) is 6.01 Å². The predicted molar refractivity (Wildman–Crippen MR) is 43.7 cm³/mol. The molecule has 0 bridgehead atoms. The molecule has 0 amide bonds. The second-order valence-electron chi connectivity index (χ2n) is 2.91. The smallest absolute Gasteiger partial charge is 0.315 e. The molecule has 0 saturated heterocycles. The Morgan fingerprint density at radius 3 is 2.92 bits per heavy atom. The molecule has 2 N–H and O–H groups in total. The fraction of sp³-hybridized carbons (Fsp3) is 0.714. The highest BCUT2D eigenvalue weighted by atomic mass is 16.4. The van der Waals surface area contributed by atoms with E-state index in [0.29, 0.717) is 24.5 Å². The minimum Gasteiger partial charge on any atom is -0.407 e. The van der Waals surface area contributed by atoms with Crippen LogP contribution in [0.15, 0.2) is 4.42 Å². The molecule has 1 aliphatic rings. The highest BCUT2D eigenvalue weighted by Crippen LogP contribution is 2.19. The van der Waals surface area contributed by atoms with Gasteiger partial charge in [0.15, 0.2) is 0 Å². The van der Waals surface area contributed by atoms with Gasteiger partial charge < -0.3 is 15.1 Å². The van der Waals surface area contributed by atoms with Crippen LogP contribution in [0.5, 0.6) is 0 Å². The highest BCUT2D eigenvalue weighted by molar-refractivity contribution is 5.14. The molecule has 0 spiro atoms. The van der Waals surface area contributed by atoms with Gasteiger partial charge in [-0.25, -0.2) is 0 Å². The van der Waals surface area contributed by atoms with Crippen LogP contribution < -0.4 is 10.6 Å². The standard InChI is InChI=1S/C7H12N4O/c1-8-7-11-10-6(12-7)4-9-5-2-3-5/h5,9H,2-4H2,1H3,(H,8,11). The molecule has 1 aromatic heterocycles. The topological polar surface area (TPSA) is 63.0 Å². The van der Waals surface area contributed by atoms with E-state index in [1.54, 1.807) is 7.05 Å². The van der Waals surface area contributed by atoms with Gasteiger partial charge in [0.2, 0.25) is 5.89 Å². The maximum absolute atomic E-state index is 5.22. The Bertz CT molecular complexity index is 256. The lowest BCUT2D eigenvalue weighted by Gasteiger charge is -1.95. The second kappa shape index (κ2) is 3.10. The minimum atomic E-state index is 0.475. The van der Waals surface area contributed by atoms with Crippen molar-refractivity contribution in [2.24, 2.45) is 0 Å². The van der Waals surface area contributed by atoms with E-state index < -0.39 is 0 Å². The average Bonchev–Trinajstić information content (AvgIpc) is 2.81. The van der Waals surface area contributed by atoms with E-state index in [1.165, 1.54) is 12.8 Å². The molecule has 5 heteroatoms. The normalized spacial score (nSPS) is 16.4. The first-order valence-electron chi connectivity index (χ1n) is 4.12. The van der Waals surface area contributed by atoms with Gasteiger partial charge in [0, 0.05) is 13.1 Å². The summed E-state index contributed by atoms with van der Waals surface area (Å²) >= 11 is 0. The lowest BCUT2D eigenvalue weighted by atomic mass is 10.6. The second-order valence-corrected chi connectivity index (χ2v) is 2.91. The molecule has 12 heavy (non-hydrogen) atoms. The Labute approximate surface area is 70.6 Å². The van der Waals surface area contributed by atoms with Crippen molar-refractivity contribution in [3.63, 3.8) is 0 Å². The third-order valence-electron chi connectivity index (χ3n) is 1.80. The summed E-state index contributed by atoms with van der Waals surface area (Å²) in [6, 6.07) is 1.15. The van der Waals surface area contributed by atoms with Gasteiger partial charge in [0.25, 0.3) is 0 Å². The van der Waals surface area contributed by atoms with Crippen molar-refractivity contribution in [2.45, 2.75) is 25.4 Å². The molecule has 0 radical (unpaired) electrons. The third-order valence-corrected chi connectivity index (χ3v) is 1.80. The van der Waals surface area contributed by atoms with E-state index in [0.717, 1.165) is 0 Å². The van der Waals surface area contributed by atoms with E-state index in [9.17, 15) is 0 Å². The van der Waals surface area contributed by atoms with Crippen LogP contribution in [-0.2, 0) is 6.54 Å². The molecule has 66 valence electrons. The molecule has 1 aliphatic carbocycles. The minimum absolute atomic E-state index is 0.475. The van der Waals surface area contributed by atoms with Crippen molar-refractivity contribution in [1.82, 2.24) is 15.5 Å². The summed E-state index contributed by atoms with van der Waals surface area (Å²) in [4.78, 5) is 0. The van der Waals surface area contributed by atoms with E-state index in [4.69, 9.17) is 4.42 Å². The maximum atomic E-state index is 5.22. The number of nitrogens with one attached hydrogen (secondary N) is 2. The molecular formula is C7H12N4O. The average molecular weight is 168 g/mol. The Hall–Kier alpha value is -1.10. The molecule has 1 saturated carbocycles. The molecule has 1 fully saturated rings. The Kier molecular flexibility index (Phi) is 1.95. The third kappa shape index (κ3) is 1.73. The summed E-state index contributed by atoms with van der Waals surface area (Å²) in [5, 5.41) is 13.7. The quantitative estimate of drug-likeness (QED) is 0.679. The molecule has 0 aromatic carbocycles. The molecule has 0 atom stereocenters. The zero-order chi connectivity index (χ0) is 8.39. The van der Waals surface area contributed by atoms with Crippen molar-refractivity contribution in [1.29, 1.82) is 0 Å².